The number of methoxy groups -OCH3 is 2. The molecule has 2 aliphatic heterocycles. The third-order valence-electron chi connectivity index (χ3n) is 4.26. The summed E-state index contributed by atoms with van der Waals surface area (Å²) in [5, 5.41) is 0. The van der Waals surface area contributed by atoms with Crippen LogP contribution in [-0.2, 0) is 23.8 Å². The Morgan fingerprint density at radius 2 is 1.88 bits per heavy atom. The molecule has 0 radical (unpaired) electrons. The second-order valence-corrected chi connectivity index (χ2v) is 5.19. The van der Waals surface area contributed by atoms with Crippen LogP contribution in [0.25, 0.3) is 0 Å². The molecule has 5 heteroatoms. The van der Waals surface area contributed by atoms with Crippen LogP contribution in [0.4, 0.5) is 0 Å². The van der Waals surface area contributed by atoms with Gasteiger partial charge in [-0.25, -0.2) is 0 Å². The summed E-state index contributed by atoms with van der Waals surface area (Å²) in [6, 6.07) is 0. The molecule has 2 heterocycles. The first-order chi connectivity index (χ1) is 7.90. The number of carbonyl (C=O) groups excluding carboxylic acids is 2. The highest BCUT2D eigenvalue weighted by Gasteiger charge is 2.70. The lowest BCUT2D eigenvalue weighted by Crippen LogP contribution is -2.51. The maximum Gasteiger partial charge on any atom is 0.315 e. The Labute approximate surface area is 100 Å². The van der Waals surface area contributed by atoms with Crippen molar-refractivity contribution in [3.63, 3.8) is 0 Å². The van der Waals surface area contributed by atoms with Crippen LogP contribution < -0.4 is 0 Å². The molecule has 0 aliphatic carbocycles. The maximum absolute atomic E-state index is 12.0. The highest BCUT2D eigenvalue weighted by Crippen LogP contribution is 2.58. The summed E-state index contributed by atoms with van der Waals surface area (Å²) in [5.74, 6) is -1.39. The van der Waals surface area contributed by atoms with Crippen molar-refractivity contribution in [2.45, 2.75) is 38.4 Å². The highest BCUT2D eigenvalue weighted by atomic mass is 16.6. The van der Waals surface area contributed by atoms with Crippen LogP contribution in [0, 0.1) is 11.3 Å². The minimum absolute atomic E-state index is 0.260. The van der Waals surface area contributed by atoms with E-state index in [1.54, 1.807) is 6.92 Å². The van der Waals surface area contributed by atoms with Gasteiger partial charge < -0.3 is 14.2 Å². The van der Waals surface area contributed by atoms with Crippen molar-refractivity contribution in [2.75, 3.05) is 14.2 Å². The molecular weight excluding hydrogens is 224 g/mol. The van der Waals surface area contributed by atoms with Gasteiger partial charge in [0.2, 0.25) is 0 Å². The van der Waals surface area contributed by atoms with E-state index in [1.807, 2.05) is 6.92 Å². The monoisotopic (exact) mass is 242 g/mol. The average molecular weight is 242 g/mol. The molecule has 0 N–H and O–H groups in total. The summed E-state index contributed by atoms with van der Waals surface area (Å²) in [5.41, 5.74) is -1.55. The minimum Gasteiger partial charge on any atom is -0.469 e. The molecule has 2 aliphatic rings. The molecule has 17 heavy (non-hydrogen) atoms. The van der Waals surface area contributed by atoms with Gasteiger partial charge in [-0.2, -0.15) is 0 Å². The van der Waals surface area contributed by atoms with E-state index in [0.717, 1.165) is 12.8 Å². The topological polar surface area (TPSA) is 61.8 Å². The number of fused-ring (bicyclic) bond motifs is 2. The molecule has 96 valence electrons. The van der Waals surface area contributed by atoms with Gasteiger partial charge in [-0.1, -0.05) is 0 Å². The summed E-state index contributed by atoms with van der Waals surface area (Å²) >= 11 is 0. The van der Waals surface area contributed by atoms with E-state index in [1.165, 1.54) is 14.2 Å². The van der Waals surface area contributed by atoms with Crippen molar-refractivity contribution in [2.24, 2.45) is 11.3 Å². The predicted octanol–water partition coefficient (Wildman–Crippen LogP) is 0.906. The van der Waals surface area contributed by atoms with E-state index >= 15 is 0 Å². The molecule has 0 unspecified atom stereocenters. The normalized spacial score (nSPS) is 43.5. The lowest BCUT2D eigenvalue weighted by Gasteiger charge is -2.37. The van der Waals surface area contributed by atoms with Crippen LogP contribution in [0.3, 0.4) is 0 Å². The van der Waals surface area contributed by atoms with Crippen LogP contribution in [-0.4, -0.2) is 37.9 Å². The van der Waals surface area contributed by atoms with Gasteiger partial charge in [0.15, 0.2) is 0 Å². The van der Waals surface area contributed by atoms with Crippen molar-refractivity contribution in [1.82, 2.24) is 0 Å². The number of rotatable bonds is 2. The quantitative estimate of drug-likeness (QED) is 0.673. The zero-order valence-corrected chi connectivity index (χ0v) is 10.6. The van der Waals surface area contributed by atoms with Crippen molar-refractivity contribution in [3.05, 3.63) is 0 Å². The molecular formula is C12H18O5. The van der Waals surface area contributed by atoms with Gasteiger partial charge in [-0.05, 0) is 26.7 Å². The lowest BCUT2D eigenvalue weighted by atomic mass is 9.63. The molecule has 2 fully saturated rings. The van der Waals surface area contributed by atoms with Crippen LogP contribution in [0.2, 0.25) is 0 Å². The van der Waals surface area contributed by atoms with Gasteiger partial charge in [0.1, 0.15) is 11.3 Å². The number of esters is 2. The number of ether oxygens (including phenoxy) is 3. The number of hydrogen-bond acceptors (Lipinski definition) is 5. The van der Waals surface area contributed by atoms with Crippen LogP contribution >= 0.6 is 0 Å². The summed E-state index contributed by atoms with van der Waals surface area (Å²) in [7, 11) is 2.66. The fourth-order valence-corrected chi connectivity index (χ4v) is 3.40. The molecule has 4 atom stereocenters. The Bertz CT molecular complexity index is 366. The molecule has 0 aromatic heterocycles. The summed E-state index contributed by atoms with van der Waals surface area (Å²) in [6.07, 6.45) is 1.28. The Kier molecular flexibility index (Phi) is 2.69. The van der Waals surface area contributed by atoms with Gasteiger partial charge in [0.25, 0.3) is 0 Å². The molecule has 5 nitrogen and oxygen atoms in total. The zero-order chi connectivity index (χ0) is 12.8. The first kappa shape index (κ1) is 12.4. The van der Waals surface area contributed by atoms with E-state index in [4.69, 9.17) is 14.2 Å². The zero-order valence-electron chi connectivity index (χ0n) is 10.6. The van der Waals surface area contributed by atoms with Gasteiger partial charge in [-0.3, -0.25) is 9.59 Å². The Morgan fingerprint density at radius 1 is 1.24 bits per heavy atom. The molecule has 0 saturated carbocycles. The first-order valence-electron chi connectivity index (χ1n) is 5.74. The first-order valence-corrected chi connectivity index (χ1v) is 5.74. The maximum atomic E-state index is 12.0. The SMILES string of the molecule is COC(=O)[C@@H]1[C@](C)(C(=O)OC)[C@@H]2CC[C@]1(C)O2. The minimum atomic E-state index is -0.936. The molecule has 0 amide bonds. The summed E-state index contributed by atoms with van der Waals surface area (Å²) in [4.78, 5) is 23.9. The molecule has 0 aromatic rings. The predicted molar refractivity (Wildman–Crippen MR) is 58.1 cm³/mol. The second kappa shape index (κ2) is 3.70. The van der Waals surface area contributed by atoms with Gasteiger partial charge in [0.05, 0.1) is 25.9 Å². The second-order valence-electron chi connectivity index (χ2n) is 5.19. The third kappa shape index (κ3) is 1.41. The fraction of sp³-hybridized carbons (Fsp3) is 0.833. The molecule has 2 saturated heterocycles. The van der Waals surface area contributed by atoms with Gasteiger partial charge in [0, 0.05) is 0 Å². The third-order valence-corrected chi connectivity index (χ3v) is 4.26. The van der Waals surface area contributed by atoms with Gasteiger partial charge in [-0.15, -0.1) is 0 Å². The number of carbonyl (C=O) groups is 2. The van der Waals surface area contributed by atoms with Crippen molar-refractivity contribution < 1.29 is 23.8 Å². The molecule has 0 aromatic carbocycles. The van der Waals surface area contributed by atoms with Crippen LogP contribution in [0.15, 0.2) is 0 Å². The van der Waals surface area contributed by atoms with Crippen LogP contribution in [0.5, 0.6) is 0 Å². The van der Waals surface area contributed by atoms with Crippen molar-refractivity contribution in [3.8, 4) is 0 Å². The summed E-state index contributed by atoms with van der Waals surface area (Å²) in [6.45, 7) is 3.60. The van der Waals surface area contributed by atoms with E-state index < -0.39 is 28.9 Å². The highest BCUT2D eigenvalue weighted by molar-refractivity contribution is 5.87. The van der Waals surface area contributed by atoms with E-state index in [9.17, 15) is 9.59 Å². The smallest absolute Gasteiger partial charge is 0.315 e. The number of hydrogen-bond donors (Lipinski definition) is 0. The van der Waals surface area contributed by atoms with Gasteiger partial charge >= 0.3 is 11.9 Å². The van der Waals surface area contributed by atoms with E-state index in [-0.39, 0.29) is 6.10 Å². The molecule has 0 spiro atoms. The van der Waals surface area contributed by atoms with Crippen LogP contribution in [0.1, 0.15) is 26.7 Å². The molecule has 2 bridgehead atoms. The average Bonchev–Trinajstić information content (AvgIpc) is 2.79. The van der Waals surface area contributed by atoms with Crippen molar-refractivity contribution >= 4 is 11.9 Å². The largest absolute Gasteiger partial charge is 0.469 e. The Balaban J connectivity index is 2.44. The summed E-state index contributed by atoms with van der Waals surface area (Å²) < 4.78 is 15.5. The standard InChI is InChI=1S/C12H18O5/c1-11-6-5-7(17-11)12(2,10(14)16-4)8(11)9(13)15-3/h7-8H,5-6H2,1-4H3/t7-,8-,11-,12+/m0/s1. The Morgan fingerprint density at radius 3 is 2.41 bits per heavy atom. The molecule has 2 rings (SSSR count). The fourth-order valence-electron chi connectivity index (χ4n) is 3.40. The van der Waals surface area contributed by atoms with E-state index in [2.05, 4.69) is 0 Å². The van der Waals surface area contributed by atoms with Crippen molar-refractivity contribution in [1.29, 1.82) is 0 Å². The van der Waals surface area contributed by atoms with E-state index in [0.29, 0.717) is 0 Å². The lowest BCUT2D eigenvalue weighted by molar-refractivity contribution is -0.167. The Hall–Kier alpha value is -1.10.